The Morgan fingerprint density at radius 2 is 2.24 bits per heavy atom. The summed E-state index contributed by atoms with van der Waals surface area (Å²) in [7, 11) is 0. The number of carbonyl (C=O) groups excluding carboxylic acids is 2. The number of rotatable bonds is 2. The molecule has 6 heteroatoms. The van der Waals surface area contributed by atoms with Gasteiger partial charge in [-0.05, 0) is 31.2 Å². The van der Waals surface area contributed by atoms with Crippen LogP contribution >= 0.6 is 0 Å². The number of aromatic nitrogens is 1. The first-order chi connectivity index (χ1) is 10.1. The van der Waals surface area contributed by atoms with E-state index in [4.69, 9.17) is 4.74 Å². The molecule has 1 aliphatic rings. The molecule has 1 aliphatic heterocycles. The molecule has 3 rings (SSSR count). The maximum atomic E-state index is 12.4. The molecule has 2 amide bonds. The molecule has 0 spiro atoms. The highest BCUT2D eigenvalue weighted by Gasteiger charge is 2.22. The fourth-order valence-corrected chi connectivity index (χ4v) is 2.11. The van der Waals surface area contributed by atoms with Crippen molar-refractivity contribution in [1.82, 2.24) is 4.98 Å². The summed E-state index contributed by atoms with van der Waals surface area (Å²) in [5.41, 5.74) is 2.21. The Bertz CT molecular complexity index is 728. The fraction of sp³-hybridized carbons (Fsp3) is 0.133. The molecule has 0 fully saturated rings. The van der Waals surface area contributed by atoms with Gasteiger partial charge in [0.1, 0.15) is 5.75 Å². The first-order valence-corrected chi connectivity index (χ1v) is 6.43. The zero-order chi connectivity index (χ0) is 14.8. The minimum Gasteiger partial charge on any atom is -0.482 e. The number of hydrogen-bond donors (Lipinski definition) is 2. The van der Waals surface area contributed by atoms with E-state index in [1.165, 1.54) is 0 Å². The van der Waals surface area contributed by atoms with E-state index in [1.54, 1.807) is 36.5 Å². The first-order valence-electron chi connectivity index (χ1n) is 6.43. The quantitative estimate of drug-likeness (QED) is 0.883. The van der Waals surface area contributed by atoms with Gasteiger partial charge in [-0.15, -0.1) is 0 Å². The molecule has 0 aliphatic carbocycles. The van der Waals surface area contributed by atoms with Gasteiger partial charge in [0.2, 0.25) is 0 Å². The average Bonchev–Trinajstić information content (AvgIpc) is 2.46. The van der Waals surface area contributed by atoms with E-state index in [9.17, 15) is 9.59 Å². The van der Waals surface area contributed by atoms with E-state index in [-0.39, 0.29) is 18.4 Å². The van der Waals surface area contributed by atoms with Crippen LogP contribution in [0.3, 0.4) is 0 Å². The van der Waals surface area contributed by atoms with Gasteiger partial charge >= 0.3 is 0 Å². The van der Waals surface area contributed by atoms with Crippen molar-refractivity contribution in [2.75, 3.05) is 17.2 Å². The molecule has 0 bridgehead atoms. The highest BCUT2D eigenvalue weighted by Crippen LogP contribution is 2.31. The molecule has 2 heterocycles. The second kappa shape index (κ2) is 5.24. The Labute approximate surface area is 121 Å². The Balaban J connectivity index is 1.90. The molecule has 21 heavy (non-hydrogen) atoms. The second-order valence-corrected chi connectivity index (χ2v) is 4.66. The number of benzene rings is 1. The van der Waals surface area contributed by atoms with Gasteiger partial charge in [0.25, 0.3) is 11.8 Å². The van der Waals surface area contributed by atoms with Crippen molar-refractivity contribution in [3.63, 3.8) is 0 Å². The minimum absolute atomic E-state index is 0.0401. The predicted octanol–water partition coefficient (Wildman–Crippen LogP) is 1.97. The van der Waals surface area contributed by atoms with Crippen LogP contribution < -0.4 is 15.4 Å². The molecule has 1 aromatic carbocycles. The second-order valence-electron chi connectivity index (χ2n) is 4.66. The molecular weight excluding hydrogens is 270 g/mol. The average molecular weight is 283 g/mol. The summed E-state index contributed by atoms with van der Waals surface area (Å²) in [6, 6.07) is 8.53. The van der Waals surface area contributed by atoms with E-state index in [1.807, 2.05) is 6.92 Å². The van der Waals surface area contributed by atoms with Crippen molar-refractivity contribution in [2.24, 2.45) is 0 Å². The standard InChI is InChI=1S/C15H13N3O3/c1-9-7-10(5-6-16-9)17-15(20)11-3-2-4-12-14(11)18-13(19)8-21-12/h2-7H,8H2,1H3,(H,18,19)(H,16,17,20). The van der Waals surface area contributed by atoms with Crippen LogP contribution in [0.5, 0.6) is 5.75 Å². The van der Waals surface area contributed by atoms with Gasteiger partial charge in [-0.25, -0.2) is 0 Å². The maximum absolute atomic E-state index is 12.4. The molecule has 0 saturated carbocycles. The van der Waals surface area contributed by atoms with Crippen LogP contribution in [-0.2, 0) is 4.79 Å². The summed E-state index contributed by atoms with van der Waals surface area (Å²) < 4.78 is 5.29. The summed E-state index contributed by atoms with van der Waals surface area (Å²) in [4.78, 5) is 27.9. The van der Waals surface area contributed by atoms with E-state index >= 15 is 0 Å². The van der Waals surface area contributed by atoms with Gasteiger partial charge in [-0.3, -0.25) is 14.6 Å². The van der Waals surface area contributed by atoms with Gasteiger partial charge < -0.3 is 15.4 Å². The molecule has 0 unspecified atom stereocenters. The number of nitrogens with zero attached hydrogens (tertiary/aromatic N) is 1. The molecular formula is C15H13N3O3. The van der Waals surface area contributed by atoms with Crippen LogP contribution in [-0.4, -0.2) is 23.4 Å². The monoisotopic (exact) mass is 283 g/mol. The molecule has 0 saturated heterocycles. The van der Waals surface area contributed by atoms with Crippen LogP contribution in [0.25, 0.3) is 0 Å². The Kier molecular flexibility index (Phi) is 3.27. The molecule has 6 nitrogen and oxygen atoms in total. The summed E-state index contributed by atoms with van der Waals surface area (Å²) in [6.45, 7) is 1.80. The van der Waals surface area contributed by atoms with Crippen LogP contribution in [0, 0.1) is 6.92 Å². The number of hydrogen-bond acceptors (Lipinski definition) is 4. The number of fused-ring (bicyclic) bond motifs is 1. The van der Waals surface area contributed by atoms with E-state index in [0.717, 1.165) is 5.69 Å². The Morgan fingerprint density at radius 1 is 1.38 bits per heavy atom. The van der Waals surface area contributed by atoms with Gasteiger partial charge in [0.05, 0.1) is 11.3 Å². The molecule has 106 valence electrons. The van der Waals surface area contributed by atoms with E-state index < -0.39 is 0 Å². The van der Waals surface area contributed by atoms with Crippen LogP contribution in [0.1, 0.15) is 16.1 Å². The number of nitrogens with one attached hydrogen (secondary N) is 2. The van der Waals surface area contributed by atoms with Crippen molar-refractivity contribution in [3.05, 3.63) is 47.8 Å². The van der Waals surface area contributed by atoms with Gasteiger partial charge in [-0.2, -0.15) is 0 Å². The summed E-state index contributed by atoms with van der Waals surface area (Å²) >= 11 is 0. The molecule has 2 N–H and O–H groups in total. The lowest BCUT2D eigenvalue weighted by Crippen LogP contribution is -2.27. The third-order valence-corrected chi connectivity index (χ3v) is 3.05. The van der Waals surface area contributed by atoms with Crippen molar-refractivity contribution in [3.8, 4) is 5.75 Å². The number of anilines is 2. The van der Waals surface area contributed by atoms with Gasteiger partial charge in [0, 0.05) is 17.6 Å². The van der Waals surface area contributed by atoms with Crippen LogP contribution in [0.2, 0.25) is 0 Å². The Morgan fingerprint density at radius 3 is 3.05 bits per heavy atom. The highest BCUT2D eigenvalue weighted by molar-refractivity contribution is 6.11. The third kappa shape index (κ3) is 2.69. The zero-order valence-electron chi connectivity index (χ0n) is 11.3. The van der Waals surface area contributed by atoms with E-state index in [0.29, 0.717) is 22.7 Å². The lowest BCUT2D eigenvalue weighted by Gasteiger charge is -2.20. The topological polar surface area (TPSA) is 80.3 Å². The molecule has 0 radical (unpaired) electrons. The third-order valence-electron chi connectivity index (χ3n) is 3.05. The van der Waals surface area contributed by atoms with Crippen LogP contribution in [0.4, 0.5) is 11.4 Å². The summed E-state index contributed by atoms with van der Waals surface area (Å²) in [5.74, 6) is -0.0982. The zero-order valence-corrected chi connectivity index (χ0v) is 11.3. The lowest BCUT2D eigenvalue weighted by molar-refractivity contribution is -0.118. The van der Waals surface area contributed by atoms with Crippen molar-refractivity contribution in [1.29, 1.82) is 0 Å². The fourth-order valence-electron chi connectivity index (χ4n) is 2.11. The Hall–Kier alpha value is -2.89. The highest BCUT2D eigenvalue weighted by atomic mass is 16.5. The van der Waals surface area contributed by atoms with Gasteiger partial charge in [-0.1, -0.05) is 6.07 Å². The maximum Gasteiger partial charge on any atom is 0.262 e. The first kappa shape index (κ1) is 13.1. The molecule has 2 aromatic rings. The smallest absolute Gasteiger partial charge is 0.262 e. The number of para-hydroxylation sites is 1. The normalized spacial score (nSPS) is 12.9. The largest absolute Gasteiger partial charge is 0.482 e. The lowest BCUT2D eigenvalue weighted by atomic mass is 10.1. The van der Waals surface area contributed by atoms with Crippen LogP contribution in [0.15, 0.2) is 36.5 Å². The molecule has 1 aromatic heterocycles. The SMILES string of the molecule is Cc1cc(NC(=O)c2cccc3c2NC(=O)CO3)ccn1. The van der Waals surface area contributed by atoms with E-state index in [2.05, 4.69) is 15.6 Å². The summed E-state index contributed by atoms with van der Waals surface area (Å²) in [5, 5.41) is 5.45. The van der Waals surface area contributed by atoms with Crippen molar-refractivity contribution in [2.45, 2.75) is 6.92 Å². The number of amides is 2. The predicted molar refractivity (Wildman–Crippen MR) is 77.5 cm³/mol. The summed E-state index contributed by atoms with van der Waals surface area (Å²) in [6.07, 6.45) is 1.62. The minimum atomic E-state index is -0.316. The van der Waals surface area contributed by atoms with Crippen molar-refractivity contribution < 1.29 is 14.3 Å². The van der Waals surface area contributed by atoms with Crippen molar-refractivity contribution >= 4 is 23.2 Å². The number of pyridine rings is 1. The van der Waals surface area contributed by atoms with Gasteiger partial charge in [0.15, 0.2) is 6.61 Å². The molecule has 0 atom stereocenters. The number of aryl methyl sites for hydroxylation is 1. The number of ether oxygens (including phenoxy) is 1. The number of carbonyl (C=O) groups is 2.